The summed E-state index contributed by atoms with van der Waals surface area (Å²) >= 11 is 0. The van der Waals surface area contributed by atoms with E-state index in [9.17, 15) is 0 Å². The number of hydrogen-bond acceptors (Lipinski definition) is 1. The average Bonchev–Trinajstić information content (AvgIpc) is 3.72. The van der Waals surface area contributed by atoms with Crippen LogP contribution >= 0.6 is 0 Å². The molecule has 8 aromatic rings. The highest BCUT2D eigenvalue weighted by molar-refractivity contribution is 6.13. The highest BCUT2D eigenvalue weighted by Crippen LogP contribution is 2.55. The summed E-state index contributed by atoms with van der Waals surface area (Å²) in [5.41, 5.74) is 9.05. The molecule has 0 saturated heterocycles. The molecule has 0 amide bonds. The summed E-state index contributed by atoms with van der Waals surface area (Å²) in [5, 5.41) is 4.76. The van der Waals surface area contributed by atoms with E-state index in [0.717, 1.165) is 44.4 Å². The fraction of sp³-hybridized carbons (Fsp3) is 0.0698. The summed E-state index contributed by atoms with van der Waals surface area (Å²) in [4.78, 5) is 2.21. The molecule has 0 radical (unpaired) electrons. The molecular formula is C43H30FN3. The van der Waals surface area contributed by atoms with E-state index in [0.29, 0.717) is 5.69 Å². The van der Waals surface area contributed by atoms with Crippen LogP contribution in [-0.4, -0.2) is 14.7 Å². The van der Waals surface area contributed by atoms with Gasteiger partial charge in [0, 0.05) is 44.5 Å². The Morgan fingerprint density at radius 2 is 1.13 bits per heavy atom. The predicted octanol–water partition coefficient (Wildman–Crippen LogP) is 11.1. The highest BCUT2D eigenvalue weighted by atomic mass is 19.1. The lowest BCUT2D eigenvalue weighted by Gasteiger charge is -2.39. The molecule has 0 saturated carbocycles. The fourth-order valence-electron chi connectivity index (χ4n) is 8.36. The number of anilines is 2. The Labute approximate surface area is 271 Å². The Kier molecular flexibility index (Phi) is 5.37. The Morgan fingerprint density at radius 3 is 1.85 bits per heavy atom. The van der Waals surface area contributed by atoms with Gasteiger partial charge in [-0.2, -0.15) is 0 Å². The van der Waals surface area contributed by atoms with E-state index in [4.69, 9.17) is 0 Å². The third-order valence-corrected chi connectivity index (χ3v) is 10.4. The van der Waals surface area contributed by atoms with Crippen LogP contribution in [0.1, 0.15) is 18.4 Å². The Morgan fingerprint density at radius 1 is 0.532 bits per heavy atom. The molecule has 6 aromatic carbocycles. The molecule has 10 rings (SSSR count). The first-order valence-corrected chi connectivity index (χ1v) is 16.2. The van der Waals surface area contributed by atoms with Gasteiger partial charge in [-0.25, -0.2) is 4.39 Å². The second-order valence-corrected chi connectivity index (χ2v) is 12.9. The number of allylic oxidation sites excluding steroid dienone is 2. The van der Waals surface area contributed by atoms with Crippen molar-refractivity contribution in [2.75, 3.05) is 4.90 Å². The maximum atomic E-state index is 15.8. The fourth-order valence-corrected chi connectivity index (χ4v) is 8.36. The van der Waals surface area contributed by atoms with Gasteiger partial charge in [0.25, 0.3) is 0 Å². The van der Waals surface area contributed by atoms with Crippen molar-refractivity contribution in [3.8, 4) is 11.4 Å². The molecule has 3 heterocycles. The van der Waals surface area contributed by atoms with Crippen LogP contribution in [0.15, 0.2) is 158 Å². The molecule has 0 spiro atoms. The minimum Gasteiger partial charge on any atom is -0.328 e. The predicted molar refractivity (Wildman–Crippen MR) is 193 cm³/mol. The largest absolute Gasteiger partial charge is 0.328 e. The molecule has 2 unspecified atom stereocenters. The second-order valence-electron chi connectivity index (χ2n) is 12.9. The Balaban J connectivity index is 1.27. The Bertz CT molecular complexity index is 2570. The lowest BCUT2D eigenvalue weighted by molar-refractivity contribution is 0.538. The van der Waals surface area contributed by atoms with E-state index in [1.54, 1.807) is 6.07 Å². The normalized spacial score (nSPS) is 18.5. The minimum absolute atomic E-state index is 0.0569. The standard InChI is InChI=1S/C43H30FN3/c1-43-25-10-9-17-36(43)33-16-11-18-37(44)42(33)47(43)30-22-24-41-35(27-30)34-26-29(21-23-40(34)45(41)28-12-3-2-4-13-28)46-38-19-7-5-14-31(38)32-15-6-8-20-39(32)46/h2-27,36H,1H3. The number of nitrogens with zero attached hydrogens (tertiary/aromatic N) is 3. The number of aromatic nitrogens is 2. The first-order chi connectivity index (χ1) is 23.1. The van der Waals surface area contributed by atoms with Crippen molar-refractivity contribution in [3.63, 3.8) is 0 Å². The van der Waals surface area contributed by atoms with Gasteiger partial charge in [-0.15, -0.1) is 0 Å². The first kappa shape index (κ1) is 26.4. The topological polar surface area (TPSA) is 13.1 Å². The molecule has 2 aromatic heterocycles. The first-order valence-electron chi connectivity index (χ1n) is 16.2. The number of rotatable bonds is 3. The van der Waals surface area contributed by atoms with Gasteiger partial charge in [0.2, 0.25) is 0 Å². The zero-order valence-electron chi connectivity index (χ0n) is 25.8. The average molecular weight is 608 g/mol. The SMILES string of the molecule is CC12C=CC=CC1c1cccc(F)c1N2c1ccc2c(c1)c1cc(-n3c4ccccc4c4ccccc43)ccc1n2-c1ccccc1. The second kappa shape index (κ2) is 9.57. The molecule has 4 heteroatoms. The van der Waals surface area contributed by atoms with Gasteiger partial charge in [-0.05, 0) is 79.2 Å². The molecule has 0 fully saturated rings. The van der Waals surface area contributed by atoms with Crippen molar-refractivity contribution < 1.29 is 4.39 Å². The van der Waals surface area contributed by atoms with E-state index >= 15 is 4.39 Å². The van der Waals surface area contributed by atoms with Gasteiger partial charge in [-0.1, -0.05) is 91.0 Å². The highest BCUT2D eigenvalue weighted by Gasteiger charge is 2.48. The lowest BCUT2D eigenvalue weighted by atomic mass is 9.80. The summed E-state index contributed by atoms with van der Waals surface area (Å²) in [6.45, 7) is 2.22. The quantitative estimate of drug-likeness (QED) is 0.195. The van der Waals surface area contributed by atoms with E-state index in [2.05, 4.69) is 167 Å². The summed E-state index contributed by atoms with van der Waals surface area (Å²) in [5.74, 6) is -0.137. The molecule has 0 N–H and O–H groups in total. The van der Waals surface area contributed by atoms with Crippen molar-refractivity contribution in [1.82, 2.24) is 9.13 Å². The molecule has 1 aliphatic carbocycles. The van der Waals surface area contributed by atoms with E-state index in [-0.39, 0.29) is 11.7 Å². The van der Waals surface area contributed by atoms with Crippen molar-refractivity contribution in [1.29, 1.82) is 0 Å². The molecule has 224 valence electrons. The van der Waals surface area contributed by atoms with Gasteiger partial charge in [0.1, 0.15) is 5.82 Å². The zero-order valence-corrected chi connectivity index (χ0v) is 25.8. The van der Waals surface area contributed by atoms with Crippen molar-refractivity contribution in [2.45, 2.75) is 18.4 Å². The van der Waals surface area contributed by atoms with Crippen molar-refractivity contribution in [3.05, 3.63) is 169 Å². The van der Waals surface area contributed by atoms with Crippen LogP contribution < -0.4 is 4.90 Å². The van der Waals surface area contributed by atoms with Gasteiger partial charge in [-0.3, -0.25) is 0 Å². The molecule has 2 aliphatic rings. The van der Waals surface area contributed by atoms with Crippen LogP contribution in [0.4, 0.5) is 15.8 Å². The number of hydrogen-bond donors (Lipinski definition) is 0. The van der Waals surface area contributed by atoms with E-state index in [1.165, 1.54) is 21.8 Å². The van der Waals surface area contributed by atoms with Gasteiger partial charge < -0.3 is 14.0 Å². The summed E-state index contributed by atoms with van der Waals surface area (Å²) in [7, 11) is 0. The molecule has 1 aliphatic heterocycles. The van der Waals surface area contributed by atoms with Crippen molar-refractivity contribution in [2.24, 2.45) is 0 Å². The lowest BCUT2D eigenvalue weighted by Crippen LogP contribution is -2.42. The molecule has 2 atom stereocenters. The van der Waals surface area contributed by atoms with Gasteiger partial charge >= 0.3 is 0 Å². The van der Waals surface area contributed by atoms with Crippen LogP contribution in [-0.2, 0) is 0 Å². The van der Waals surface area contributed by atoms with Crippen LogP contribution in [0.5, 0.6) is 0 Å². The zero-order chi connectivity index (χ0) is 31.3. The maximum Gasteiger partial charge on any atom is 0.147 e. The van der Waals surface area contributed by atoms with Crippen LogP contribution in [0.25, 0.3) is 55.0 Å². The smallest absolute Gasteiger partial charge is 0.147 e. The van der Waals surface area contributed by atoms with E-state index in [1.807, 2.05) is 6.07 Å². The number of para-hydroxylation sites is 4. The number of fused-ring (bicyclic) bond motifs is 9. The third kappa shape index (κ3) is 3.55. The Hall–Kier alpha value is -5.87. The summed E-state index contributed by atoms with van der Waals surface area (Å²) < 4.78 is 20.5. The van der Waals surface area contributed by atoms with Crippen LogP contribution in [0, 0.1) is 5.82 Å². The van der Waals surface area contributed by atoms with Crippen molar-refractivity contribution >= 4 is 55.0 Å². The monoisotopic (exact) mass is 607 g/mol. The minimum atomic E-state index is -0.432. The van der Waals surface area contributed by atoms with E-state index < -0.39 is 5.54 Å². The van der Waals surface area contributed by atoms with Gasteiger partial charge in [0.05, 0.1) is 33.3 Å². The molecular weight excluding hydrogens is 577 g/mol. The summed E-state index contributed by atoms with van der Waals surface area (Å²) in [6, 6.07) is 46.7. The summed E-state index contributed by atoms with van der Waals surface area (Å²) in [6.07, 6.45) is 8.59. The third-order valence-electron chi connectivity index (χ3n) is 10.4. The number of benzene rings is 6. The molecule has 47 heavy (non-hydrogen) atoms. The molecule has 0 bridgehead atoms. The van der Waals surface area contributed by atoms with Crippen LogP contribution in [0.2, 0.25) is 0 Å². The maximum absolute atomic E-state index is 15.8. The van der Waals surface area contributed by atoms with Gasteiger partial charge in [0.15, 0.2) is 0 Å². The van der Waals surface area contributed by atoms with Crippen LogP contribution in [0.3, 0.4) is 0 Å². The molecule has 3 nitrogen and oxygen atoms in total. The number of halogens is 1.